The van der Waals surface area contributed by atoms with E-state index in [1.807, 2.05) is 30.3 Å². The summed E-state index contributed by atoms with van der Waals surface area (Å²) in [6.45, 7) is -0.618. The number of benzene rings is 2. The van der Waals surface area contributed by atoms with Crippen LogP contribution in [0.3, 0.4) is 0 Å². The van der Waals surface area contributed by atoms with Gasteiger partial charge in [-0.25, -0.2) is 12.7 Å². The van der Waals surface area contributed by atoms with E-state index in [9.17, 15) is 27.6 Å². The molecule has 0 unspecified atom stereocenters. The highest BCUT2D eigenvalue weighted by atomic mass is 32.2. The Morgan fingerprint density at radius 1 is 0.974 bits per heavy atom. The number of nitrogens with one attached hydrogen (secondary N) is 1. The largest absolute Gasteiger partial charge is 0.468 e. The fourth-order valence-electron chi connectivity index (χ4n) is 3.44. The van der Waals surface area contributed by atoms with Gasteiger partial charge in [0.1, 0.15) is 12.2 Å². The Balaban J connectivity index is 1.77. The molecule has 0 atom stereocenters. The van der Waals surface area contributed by atoms with E-state index in [4.69, 9.17) is 5.73 Å². The van der Waals surface area contributed by atoms with Gasteiger partial charge in [0, 0.05) is 12.7 Å². The maximum atomic E-state index is 13.4. The molecule has 0 aliphatic heterocycles. The van der Waals surface area contributed by atoms with Crippen LogP contribution in [-0.4, -0.2) is 61.6 Å². The first-order valence-corrected chi connectivity index (χ1v) is 12.8. The summed E-state index contributed by atoms with van der Waals surface area (Å²) in [7, 11) is -3.45. The number of aromatic nitrogens is 1. The second-order valence-electron chi connectivity index (χ2n) is 8.10. The number of nitrogens with zero attached hydrogens (tertiary/aromatic N) is 2. The molecule has 0 fully saturated rings. The van der Waals surface area contributed by atoms with Crippen molar-refractivity contribution in [3.8, 4) is 0 Å². The number of amides is 3. The lowest BCUT2D eigenvalue weighted by Gasteiger charge is -2.22. The van der Waals surface area contributed by atoms with E-state index in [1.165, 1.54) is 30.3 Å². The number of nitrogens with two attached hydrogens (primary N) is 1. The predicted molar refractivity (Wildman–Crippen MR) is 136 cm³/mol. The molecule has 3 N–H and O–H groups in total. The highest BCUT2D eigenvalue weighted by Gasteiger charge is 2.33. The third kappa shape index (κ3) is 7.23. The second kappa shape index (κ2) is 12.6. The maximum Gasteiger partial charge on any atom is 0.326 e. The number of hydrogen-bond acceptors (Lipinski definition) is 8. The molecular weight excluding hydrogens is 512 g/mol. The number of pyridine rings is 1. The van der Waals surface area contributed by atoms with Gasteiger partial charge in [0.05, 0.1) is 24.0 Å². The number of carbonyl (C=O) groups excluding carboxylic acids is 4. The lowest BCUT2D eigenvalue weighted by Crippen LogP contribution is -2.41. The zero-order valence-corrected chi connectivity index (χ0v) is 21.3. The molecule has 1 heterocycles. The molecule has 12 heteroatoms. The number of sulfonamides is 1. The first-order chi connectivity index (χ1) is 18.1. The molecule has 3 amide bonds. The quantitative estimate of drug-likeness (QED) is 0.342. The second-order valence-corrected chi connectivity index (χ2v) is 9.96. The fourth-order valence-corrected chi connectivity index (χ4v) is 4.84. The van der Waals surface area contributed by atoms with Crippen molar-refractivity contribution >= 4 is 33.7 Å². The van der Waals surface area contributed by atoms with Gasteiger partial charge < -0.3 is 15.8 Å². The molecule has 11 nitrogen and oxygen atoms in total. The summed E-state index contributed by atoms with van der Waals surface area (Å²) in [5.74, 6) is -3.00. The Labute approximate surface area is 219 Å². The molecule has 0 radical (unpaired) electrons. The summed E-state index contributed by atoms with van der Waals surface area (Å²) in [6.07, 6.45) is 1.54. The van der Waals surface area contributed by atoms with Crippen LogP contribution in [0.2, 0.25) is 0 Å². The molecule has 3 rings (SSSR count). The molecule has 0 aliphatic carbocycles. The van der Waals surface area contributed by atoms with Crippen LogP contribution in [-0.2, 0) is 37.2 Å². The van der Waals surface area contributed by atoms with Gasteiger partial charge in [-0.2, -0.15) is 0 Å². The number of ether oxygens (including phenoxy) is 1. The molecular formula is C26H26N4O7S. The smallest absolute Gasteiger partial charge is 0.326 e. The minimum absolute atomic E-state index is 0.118. The van der Waals surface area contributed by atoms with Crippen LogP contribution in [0, 0.1) is 0 Å². The van der Waals surface area contributed by atoms with Crippen molar-refractivity contribution in [3.05, 3.63) is 95.3 Å². The van der Waals surface area contributed by atoms with Crippen LogP contribution >= 0.6 is 0 Å². The van der Waals surface area contributed by atoms with Crippen LogP contribution < -0.4 is 11.1 Å². The molecule has 38 heavy (non-hydrogen) atoms. The SMILES string of the molecule is COC(=O)CN(C(=O)c1ccc(C(N)=O)nc1)S(=O)(=O)c1cccc(CCNC(=O)Cc2ccccc2)c1. The molecule has 0 aliphatic rings. The maximum absolute atomic E-state index is 13.4. The first kappa shape index (κ1) is 28.0. The van der Waals surface area contributed by atoms with Crippen LogP contribution in [0.5, 0.6) is 0 Å². The number of rotatable bonds is 11. The van der Waals surface area contributed by atoms with Gasteiger partial charge in [0.2, 0.25) is 5.91 Å². The Hall–Kier alpha value is -4.58. The van der Waals surface area contributed by atoms with Crippen molar-refractivity contribution in [1.29, 1.82) is 0 Å². The normalized spacial score (nSPS) is 10.9. The standard InChI is InChI=1S/C26H26N4O7S/c1-37-24(32)17-30(26(34)20-10-11-22(25(27)33)29-16-20)38(35,36)21-9-5-8-19(14-21)12-13-28-23(31)15-18-6-3-2-4-7-18/h2-11,14,16H,12-13,15,17H2,1H3,(H2,27,33)(H,28,31). The molecule has 198 valence electrons. The molecule has 0 saturated heterocycles. The van der Waals surface area contributed by atoms with Gasteiger partial charge >= 0.3 is 5.97 Å². The van der Waals surface area contributed by atoms with Gasteiger partial charge in [0.15, 0.2) is 0 Å². The van der Waals surface area contributed by atoms with E-state index in [-0.39, 0.29) is 35.0 Å². The number of methoxy groups -OCH3 is 1. The summed E-state index contributed by atoms with van der Waals surface area (Å²) < 4.78 is 31.8. The van der Waals surface area contributed by atoms with E-state index in [0.29, 0.717) is 16.3 Å². The van der Waals surface area contributed by atoms with Crippen LogP contribution in [0.25, 0.3) is 0 Å². The Kier molecular flexibility index (Phi) is 9.28. The van der Waals surface area contributed by atoms with Crippen molar-refractivity contribution in [1.82, 2.24) is 14.6 Å². The fraction of sp³-hybridized carbons (Fsp3) is 0.192. The number of hydrogen-bond donors (Lipinski definition) is 2. The highest BCUT2D eigenvalue weighted by molar-refractivity contribution is 7.89. The lowest BCUT2D eigenvalue weighted by molar-refractivity contribution is -0.140. The number of primary amides is 1. The molecule has 2 aromatic carbocycles. The topological polar surface area (TPSA) is 166 Å². The van der Waals surface area contributed by atoms with E-state index in [1.54, 1.807) is 6.07 Å². The summed E-state index contributed by atoms with van der Waals surface area (Å²) in [4.78, 5) is 52.1. The summed E-state index contributed by atoms with van der Waals surface area (Å²) in [6, 6.07) is 17.4. The van der Waals surface area contributed by atoms with E-state index < -0.39 is 34.4 Å². The average Bonchev–Trinajstić information content (AvgIpc) is 2.91. The third-order valence-corrected chi connectivity index (χ3v) is 7.14. The molecule has 3 aromatic rings. The van der Waals surface area contributed by atoms with Crippen molar-refractivity contribution in [3.63, 3.8) is 0 Å². The minimum atomic E-state index is -4.51. The number of carbonyl (C=O) groups is 4. The molecule has 0 spiro atoms. The average molecular weight is 539 g/mol. The summed E-state index contributed by atoms with van der Waals surface area (Å²) in [5, 5.41) is 2.79. The molecule has 1 aromatic heterocycles. The van der Waals surface area contributed by atoms with Gasteiger partial charge in [-0.1, -0.05) is 42.5 Å². The Morgan fingerprint density at radius 2 is 1.68 bits per heavy atom. The van der Waals surface area contributed by atoms with Crippen molar-refractivity contribution in [2.24, 2.45) is 5.73 Å². The van der Waals surface area contributed by atoms with Gasteiger partial charge in [0.25, 0.3) is 21.8 Å². The minimum Gasteiger partial charge on any atom is -0.468 e. The van der Waals surface area contributed by atoms with Gasteiger partial charge in [-0.15, -0.1) is 0 Å². The van der Waals surface area contributed by atoms with Crippen molar-refractivity contribution in [2.75, 3.05) is 20.2 Å². The predicted octanol–water partition coefficient (Wildman–Crippen LogP) is 1.09. The van der Waals surface area contributed by atoms with Crippen LogP contribution in [0.15, 0.2) is 77.8 Å². The van der Waals surface area contributed by atoms with Gasteiger partial charge in [-0.3, -0.25) is 24.2 Å². The van der Waals surface area contributed by atoms with E-state index in [0.717, 1.165) is 18.9 Å². The van der Waals surface area contributed by atoms with Crippen molar-refractivity contribution in [2.45, 2.75) is 17.7 Å². The monoisotopic (exact) mass is 538 g/mol. The van der Waals surface area contributed by atoms with Crippen LogP contribution in [0.1, 0.15) is 32.0 Å². The van der Waals surface area contributed by atoms with Gasteiger partial charge in [-0.05, 0) is 41.8 Å². The third-order valence-electron chi connectivity index (χ3n) is 5.42. The van der Waals surface area contributed by atoms with E-state index >= 15 is 0 Å². The lowest BCUT2D eigenvalue weighted by atomic mass is 10.1. The Morgan fingerprint density at radius 3 is 2.32 bits per heavy atom. The van der Waals surface area contributed by atoms with Crippen molar-refractivity contribution < 1.29 is 32.3 Å². The van der Waals surface area contributed by atoms with Crippen LogP contribution in [0.4, 0.5) is 0 Å². The Bertz CT molecular complexity index is 1430. The zero-order chi connectivity index (χ0) is 27.7. The molecule has 0 saturated carbocycles. The zero-order valence-electron chi connectivity index (χ0n) is 20.5. The molecule has 0 bridgehead atoms. The first-order valence-electron chi connectivity index (χ1n) is 11.4. The van der Waals surface area contributed by atoms with E-state index in [2.05, 4.69) is 15.0 Å². The number of esters is 1. The highest BCUT2D eigenvalue weighted by Crippen LogP contribution is 2.20. The summed E-state index contributed by atoms with van der Waals surface area (Å²) >= 11 is 0. The summed E-state index contributed by atoms with van der Waals surface area (Å²) in [5.41, 5.74) is 6.31.